The standard InChI is InChI=1S/C20H20FNO2/c1-13-7-8-16(12-22-13)15-9-10-20(11-15,19(23)24-3)17-5-4-6-18(21)14(17)2/h4-8,11-12H,9-10H2,1-3H3. The zero-order valence-electron chi connectivity index (χ0n) is 14.1. The van der Waals surface area contributed by atoms with Crippen molar-refractivity contribution >= 4 is 11.5 Å². The minimum atomic E-state index is -0.943. The minimum Gasteiger partial charge on any atom is -0.468 e. The van der Waals surface area contributed by atoms with Crippen LogP contribution in [0, 0.1) is 19.7 Å². The Balaban J connectivity index is 2.13. The lowest BCUT2D eigenvalue weighted by Gasteiger charge is -2.26. The third-order valence-electron chi connectivity index (χ3n) is 4.79. The number of aryl methyl sites for hydroxylation is 1. The number of methoxy groups -OCH3 is 1. The first-order valence-corrected chi connectivity index (χ1v) is 7.97. The van der Waals surface area contributed by atoms with Crippen LogP contribution in [0.3, 0.4) is 0 Å². The average molecular weight is 325 g/mol. The van der Waals surface area contributed by atoms with Gasteiger partial charge in [0.05, 0.1) is 7.11 Å². The predicted octanol–water partition coefficient (Wildman–Crippen LogP) is 4.13. The molecule has 124 valence electrons. The maximum Gasteiger partial charge on any atom is 0.320 e. The zero-order valence-corrected chi connectivity index (χ0v) is 14.1. The smallest absolute Gasteiger partial charge is 0.320 e. The number of halogens is 1. The molecule has 0 aliphatic heterocycles. The third-order valence-corrected chi connectivity index (χ3v) is 4.79. The van der Waals surface area contributed by atoms with E-state index < -0.39 is 5.41 Å². The number of pyridine rings is 1. The molecule has 1 atom stereocenters. The molecule has 1 aromatic carbocycles. The molecule has 1 aliphatic rings. The lowest BCUT2D eigenvalue weighted by atomic mass is 9.77. The topological polar surface area (TPSA) is 39.2 Å². The van der Waals surface area contributed by atoms with E-state index in [1.54, 1.807) is 13.0 Å². The Kier molecular flexibility index (Phi) is 4.22. The van der Waals surface area contributed by atoms with Gasteiger partial charge in [-0.3, -0.25) is 9.78 Å². The van der Waals surface area contributed by atoms with Gasteiger partial charge in [0, 0.05) is 11.9 Å². The van der Waals surface area contributed by atoms with Crippen LogP contribution in [0.5, 0.6) is 0 Å². The fraction of sp³-hybridized carbons (Fsp3) is 0.300. The van der Waals surface area contributed by atoms with Crippen molar-refractivity contribution in [2.24, 2.45) is 0 Å². The summed E-state index contributed by atoms with van der Waals surface area (Å²) in [6.45, 7) is 3.64. The number of benzene rings is 1. The summed E-state index contributed by atoms with van der Waals surface area (Å²) in [5.74, 6) is -0.666. The highest BCUT2D eigenvalue weighted by atomic mass is 19.1. The molecule has 3 nitrogen and oxygen atoms in total. The zero-order chi connectivity index (χ0) is 17.3. The van der Waals surface area contributed by atoms with Crippen LogP contribution in [0.25, 0.3) is 5.57 Å². The summed E-state index contributed by atoms with van der Waals surface area (Å²) in [5.41, 5.74) is 3.18. The first-order chi connectivity index (χ1) is 11.5. The number of carbonyl (C=O) groups is 1. The van der Waals surface area contributed by atoms with Crippen molar-refractivity contribution in [2.45, 2.75) is 32.1 Å². The summed E-state index contributed by atoms with van der Waals surface area (Å²) in [5, 5.41) is 0. The number of hydrogen-bond acceptors (Lipinski definition) is 3. The van der Waals surface area contributed by atoms with Crippen LogP contribution in [0.4, 0.5) is 4.39 Å². The van der Waals surface area contributed by atoms with Gasteiger partial charge in [-0.15, -0.1) is 0 Å². The average Bonchev–Trinajstić information content (AvgIpc) is 3.03. The van der Waals surface area contributed by atoms with E-state index in [4.69, 9.17) is 4.74 Å². The number of esters is 1. The monoisotopic (exact) mass is 325 g/mol. The van der Waals surface area contributed by atoms with Crippen LogP contribution in [0.1, 0.15) is 35.2 Å². The lowest BCUT2D eigenvalue weighted by molar-refractivity contribution is -0.145. The largest absolute Gasteiger partial charge is 0.468 e. The van der Waals surface area contributed by atoms with Crippen molar-refractivity contribution in [3.8, 4) is 0 Å². The SMILES string of the molecule is COC(=O)C1(c2cccc(F)c2C)C=C(c2ccc(C)nc2)CC1. The minimum absolute atomic E-state index is 0.311. The summed E-state index contributed by atoms with van der Waals surface area (Å²) in [4.78, 5) is 16.9. The molecule has 0 spiro atoms. The van der Waals surface area contributed by atoms with Gasteiger partial charge < -0.3 is 4.74 Å². The fourth-order valence-electron chi connectivity index (χ4n) is 3.42. The molecule has 0 N–H and O–H groups in total. The normalized spacial score (nSPS) is 19.9. The number of ether oxygens (including phenoxy) is 1. The Morgan fingerprint density at radius 3 is 2.71 bits per heavy atom. The van der Waals surface area contributed by atoms with Crippen LogP contribution < -0.4 is 0 Å². The predicted molar refractivity (Wildman–Crippen MR) is 91.0 cm³/mol. The van der Waals surface area contributed by atoms with Gasteiger partial charge in [0.2, 0.25) is 0 Å². The molecule has 0 radical (unpaired) electrons. The Bertz CT molecular complexity index is 811. The number of hydrogen-bond donors (Lipinski definition) is 0. The summed E-state index contributed by atoms with van der Waals surface area (Å²) in [6.07, 6.45) is 5.02. The quantitative estimate of drug-likeness (QED) is 0.797. The number of carbonyl (C=O) groups excluding carboxylic acids is 1. The van der Waals surface area contributed by atoms with Gasteiger partial charge in [0.15, 0.2) is 0 Å². The van der Waals surface area contributed by atoms with Crippen molar-refractivity contribution < 1.29 is 13.9 Å². The Hall–Kier alpha value is -2.49. The van der Waals surface area contributed by atoms with Crippen molar-refractivity contribution in [1.29, 1.82) is 0 Å². The highest BCUT2D eigenvalue weighted by molar-refractivity contribution is 5.91. The number of aromatic nitrogens is 1. The van der Waals surface area contributed by atoms with Crippen LogP contribution >= 0.6 is 0 Å². The van der Waals surface area contributed by atoms with Gasteiger partial charge in [0.1, 0.15) is 11.2 Å². The van der Waals surface area contributed by atoms with Gasteiger partial charge in [-0.25, -0.2) is 4.39 Å². The molecule has 4 heteroatoms. The van der Waals surface area contributed by atoms with Gasteiger partial charge in [-0.05, 0) is 61.1 Å². The second-order valence-corrected chi connectivity index (χ2v) is 6.23. The van der Waals surface area contributed by atoms with Crippen molar-refractivity contribution in [3.63, 3.8) is 0 Å². The van der Waals surface area contributed by atoms with E-state index in [2.05, 4.69) is 4.98 Å². The van der Waals surface area contributed by atoms with Gasteiger partial charge >= 0.3 is 5.97 Å². The summed E-state index contributed by atoms with van der Waals surface area (Å²) >= 11 is 0. The molecule has 0 fully saturated rings. The molecule has 3 rings (SSSR count). The summed E-state index contributed by atoms with van der Waals surface area (Å²) < 4.78 is 19.1. The molecule has 0 saturated carbocycles. The second-order valence-electron chi connectivity index (χ2n) is 6.23. The molecule has 0 amide bonds. The van der Waals surface area contributed by atoms with Gasteiger partial charge in [-0.1, -0.05) is 24.3 Å². The molecular formula is C20H20FNO2. The molecule has 24 heavy (non-hydrogen) atoms. The van der Waals surface area contributed by atoms with Crippen molar-refractivity contribution in [1.82, 2.24) is 4.98 Å². The van der Waals surface area contributed by atoms with E-state index in [1.165, 1.54) is 13.2 Å². The van der Waals surface area contributed by atoms with Crippen LogP contribution in [-0.2, 0) is 14.9 Å². The molecular weight excluding hydrogens is 305 g/mol. The Morgan fingerprint density at radius 1 is 1.25 bits per heavy atom. The molecule has 1 heterocycles. The lowest BCUT2D eigenvalue weighted by Crippen LogP contribution is -2.34. The van der Waals surface area contributed by atoms with Gasteiger partial charge in [-0.2, -0.15) is 0 Å². The van der Waals surface area contributed by atoms with Crippen molar-refractivity contribution in [3.05, 3.63) is 70.8 Å². The maximum absolute atomic E-state index is 14.1. The fourth-order valence-corrected chi connectivity index (χ4v) is 3.42. The molecule has 2 aromatic rings. The van der Waals surface area contributed by atoms with Gasteiger partial charge in [0.25, 0.3) is 0 Å². The van der Waals surface area contributed by atoms with E-state index >= 15 is 0 Å². The highest BCUT2D eigenvalue weighted by Gasteiger charge is 2.44. The van der Waals surface area contributed by atoms with E-state index in [1.807, 2.05) is 37.4 Å². The molecule has 0 saturated heterocycles. The molecule has 1 aliphatic carbocycles. The first kappa shape index (κ1) is 16.4. The van der Waals surface area contributed by atoms with E-state index in [-0.39, 0.29) is 11.8 Å². The number of rotatable bonds is 3. The van der Waals surface area contributed by atoms with Crippen molar-refractivity contribution in [2.75, 3.05) is 7.11 Å². The number of nitrogens with zero attached hydrogens (tertiary/aromatic N) is 1. The van der Waals surface area contributed by atoms with E-state index in [9.17, 15) is 9.18 Å². The summed E-state index contributed by atoms with van der Waals surface area (Å²) in [6, 6.07) is 8.80. The molecule has 1 aromatic heterocycles. The Morgan fingerprint density at radius 2 is 2.04 bits per heavy atom. The van der Waals surface area contributed by atoms with Crippen LogP contribution in [0.2, 0.25) is 0 Å². The summed E-state index contributed by atoms with van der Waals surface area (Å²) in [7, 11) is 1.37. The first-order valence-electron chi connectivity index (χ1n) is 7.97. The van der Waals surface area contributed by atoms with E-state index in [0.717, 1.165) is 23.3 Å². The van der Waals surface area contributed by atoms with Crippen LogP contribution in [0.15, 0.2) is 42.6 Å². The third kappa shape index (κ3) is 2.62. The molecule has 0 bridgehead atoms. The van der Waals surface area contributed by atoms with E-state index in [0.29, 0.717) is 17.5 Å². The maximum atomic E-state index is 14.1. The highest BCUT2D eigenvalue weighted by Crippen LogP contribution is 2.44. The molecule has 1 unspecified atom stereocenters. The number of allylic oxidation sites excluding steroid dienone is 1. The second kappa shape index (κ2) is 6.19. The Labute approximate surface area is 141 Å². The van der Waals surface area contributed by atoms with Crippen LogP contribution in [-0.4, -0.2) is 18.1 Å².